The van der Waals surface area contributed by atoms with Crippen molar-refractivity contribution in [2.45, 2.75) is 58.6 Å². The number of nitrogens with zero attached hydrogens (tertiary/aromatic N) is 2. The molecule has 0 saturated heterocycles. The van der Waals surface area contributed by atoms with Crippen molar-refractivity contribution in [2.24, 2.45) is 22.7 Å². The number of aromatic nitrogens is 2. The molecule has 1 aromatic carbocycles. The van der Waals surface area contributed by atoms with Crippen LogP contribution in [0.25, 0.3) is 0 Å². The smallest absolute Gasteiger partial charge is 0.312 e. The van der Waals surface area contributed by atoms with Gasteiger partial charge >= 0.3 is 5.97 Å². The highest BCUT2D eigenvalue weighted by atomic mass is 127. The van der Waals surface area contributed by atoms with Crippen LogP contribution < -0.4 is 0 Å². The van der Waals surface area contributed by atoms with E-state index < -0.39 is 0 Å². The lowest BCUT2D eigenvalue weighted by molar-refractivity contribution is -0.184. The van der Waals surface area contributed by atoms with Gasteiger partial charge in [-0.05, 0) is 90.9 Å². The van der Waals surface area contributed by atoms with Gasteiger partial charge in [-0.1, -0.05) is 30.3 Å². The fourth-order valence-corrected chi connectivity index (χ4v) is 7.10. The number of ether oxygens (including phenoxy) is 1. The summed E-state index contributed by atoms with van der Waals surface area (Å²) < 4.78 is 9.22. The van der Waals surface area contributed by atoms with Crippen LogP contribution in [-0.2, 0) is 22.7 Å². The Hall–Kier alpha value is -1.37. The highest BCUT2D eigenvalue weighted by molar-refractivity contribution is 14.1. The fourth-order valence-electron chi connectivity index (χ4n) is 6.67. The third-order valence-electron chi connectivity index (χ3n) is 7.21. The summed E-state index contributed by atoms with van der Waals surface area (Å²) >= 11 is 2.36. The van der Waals surface area contributed by atoms with Crippen LogP contribution in [0.3, 0.4) is 0 Å². The van der Waals surface area contributed by atoms with Crippen molar-refractivity contribution in [1.29, 1.82) is 0 Å². The van der Waals surface area contributed by atoms with Crippen molar-refractivity contribution < 1.29 is 9.53 Å². The maximum absolute atomic E-state index is 13.3. The topological polar surface area (TPSA) is 44.1 Å². The zero-order valence-electron chi connectivity index (χ0n) is 16.4. The maximum atomic E-state index is 13.3. The quantitative estimate of drug-likeness (QED) is 0.432. The molecular weight excluding hydrogens is 463 g/mol. The van der Waals surface area contributed by atoms with Crippen LogP contribution >= 0.6 is 22.6 Å². The SMILES string of the molecule is Cc1nn(CC23C[C@H]4C[C@@H](C2)CC(C(=O)OCc2ccccc2)(C4)C3)cc1I. The third kappa shape index (κ3) is 3.29. The first-order valence-electron chi connectivity index (χ1n) is 10.4. The number of esters is 1. The number of hydrogen-bond donors (Lipinski definition) is 0. The molecule has 6 rings (SSSR count). The molecule has 5 heteroatoms. The summed E-state index contributed by atoms with van der Waals surface area (Å²) in [7, 11) is 0. The number of rotatable bonds is 5. The molecule has 28 heavy (non-hydrogen) atoms. The minimum atomic E-state index is -0.270. The molecule has 4 bridgehead atoms. The van der Waals surface area contributed by atoms with Gasteiger partial charge in [-0.3, -0.25) is 9.48 Å². The number of hydrogen-bond acceptors (Lipinski definition) is 3. The Morgan fingerprint density at radius 1 is 1.21 bits per heavy atom. The van der Waals surface area contributed by atoms with Crippen LogP contribution in [0.5, 0.6) is 0 Å². The standard InChI is InChI=1S/C23H27IN2O2/c1-16-20(24)12-26(25-16)15-22-8-18-7-19(9-22)11-23(10-18,14-22)21(27)28-13-17-5-3-2-4-6-17/h2-6,12,18-19H,7-11,13-15H2,1H3/t18-,19+,22?,23?. The first-order valence-corrected chi connectivity index (χ1v) is 11.4. The van der Waals surface area contributed by atoms with Gasteiger partial charge in [0.2, 0.25) is 0 Å². The van der Waals surface area contributed by atoms with E-state index in [9.17, 15) is 4.79 Å². The molecule has 0 spiro atoms. The minimum Gasteiger partial charge on any atom is -0.460 e. The molecule has 4 aliphatic rings. The Kier molecular flexibility index (Phi) is 4.56. The van der Waals surface area contributed by atoms with Crippen molar-refractivity contribution in [1.82, 2.24) is 9.78 Å². The van der Waals surface area contributed by atoms with Crippen LogP contribution in [-0.4, -0.2) is 15.7 Å². The van der Waals surface area contributed by atoms with E-state index in [0.29, 0.717) is 18.4 Å². The summed E-state index contributed by atoms with van der Waals surface area (Å²) in [5.74, 6) is 1.38. The number of benzene rings is 1. The molecule has 2 aromatic rings. The van der Waals surface area contributed by atoms with E-state index in [2.05, 4.69) is 40.4 Å². The zero-order valence-corrected chi connectivity index (χ0v) is 18.5. The Labute approximate surface area is 180 Å². The van der Waals surface area contributed by atoms with E-state index in [1.807, 2.05) is 30.3 Å². The van der Waals surface area contributed by atoms with Crippen LogP contribution in [0, 0.1) is 33.2 Å². The average molecular weight is 490 g/mol. The molecule has 1 aromatic heterocycles. The fraction of sp³-hybridized carbons (Fsp3) is 0.565. The number of carbonyl (C=O) groups excluding carboxylic acids is 1. The largest absolute Gasteiger partial charge is 0.460 e. The molecule has 4 saturated carbocycles. The first-order chi connectivity index (χ1) is 13.5. The summed E-state index contributed by atoms with van der Waals surface area (Å²) in [5, 5.41) is 4.72. The molecule has 4 atom stereocenters. The monoisotopic (exact) mass is 490 g/mol. The van der Waals surface area contributed by atoms with E-state index in [1.165, 1.54) is 22.8 Å². The average Bonchev–Trinajstić information content (AvgIpc) is 2.95. The predicted molar refractivity (Wildman–Crippen MR) is 115 cm³/mol. The van der Waals surface area contributed by atoms with Crippen LogP contribution in [0.2, 0.25) is 0 Å². The first kappa shape index (κ1) is 18.6. The molecule has 4 fully saturated rings. The molecule has 4 nitrogen and oxygen atoms in total. The Bertz CT molecular complexity index is 858. The van der Waals surface area contributed by atoms with Gasteiger partial charge in [-0.25, -0.2) is 0 Å². The summed E-state index contributed by atoms with van der Waals surface area (Å²) in [5.41, 5.74) is 2.10. The highest BCUT2D eigenvalue weighted by Gasteiger charge is 2.61. The van der Waals surface area contributed by atoms with Gasteiger partial charge in [-0.2, -0.15) is 5.10 Å². The van der Waals surface area contributed by atoms with Crippen LogP contribution in [0.4, 0.5) is 0 Å². The Morgan fingerprint density at radius 2 is 1.93 bits per heavy atom. The molecule has 0 N–H and O–H groups in total. The van der Waals surface area contributed by atoms with E-state index in [1.54, 1.807) is 0 Å². The van der Waals surface area contributed by atoms with E-state index in [0.717, 1.165) is 37.1 Å². The highest BCUT2D eigenvalue weighted by Crippen LogP contribution is 2.66. The third-order valence-corrected chi connectivity index (χ3v) is 8.27. The molecule has 0 amide bonds. The molecule has 1 heterocycles. The lowest BCUT2D eigenvalue weighted by Gasteiger charge is -2.60. The van der Waals surface area contributed by atoms with E-state index >= 15 is 0 Å². The van der Waals surface area contributed by atoms with Gasteiger partial charge in [0.25, 0.3) is 0 Å². The second-order valence-corrected chi connectivity index (χ2v) is 10.7. The summed E-state index contributed by atoms with van der Waals surface area (Å²) in [6, 6.07) is 10.0. The zero-order chi connectivity index (χ0) is 19.4. The number of halogens is 1. The lowest BCUT2D eigenvalue weighted by Crippen LogP contribution is -2.56. The molecule has 0 aliphatic heterocycles. The van der Waals surface area contributed by atoms with Crippen molar-refractivity contribution in [3.63, 3.8) is 0 Å². The summed E-state index contributed by atoms with van der Waals surface area (Å²) in [4.78, 5) is 13.3. The Balaban J connectivity index is 1.36. The summed E-state index contributed by atoms with van der Waals surface area (Å²) in [6.45, 7) is 3.40. The summed E-state index contributed by atoms with van der Waals surface area (Å²) in [6.07, 6.45) is 8.96. The van der Waals surface area contributed by atoms with Gasteiger partial charge in [0.05, 0.1) is 14.7 Å². The van der Waals surface area contributed by atoms with Crippen molar-refractivity contribution >= 4 is 28.6 Å². The van der Waals surface area contributed by atoms with Crippen molar-refractivity contribution in [2.75, 3.05) is 0 Å². The molecule has 0 radical (unpaired) electrons. The molecule has 4 aliphatic carbocycles. The minimum absolute atomic E-state index is 0.0426. The lowest BCUT2D eigenvalue weighted by atomic mass is 9.44. The van der Waals surface area contributed by atoms with Gasteiger partial charge in [0, 0.05) is 12.7 Å². The normalized spacial score (nSPS) is 33.2. The van der Waals surface area contributed by atoms with Gasteiger partial charge < -0.3 is 4.74 Å². The maximum Gasteiger partial charge on any atom is 0.312 e. The second kappa shape index (κ2) is 6.85. The number of aryl methyl sites for hydroxylation is 1. The molecule has 148 valence electrons. The van der Waals surface area contributed by atoms with Crippen LogP contribution in [0.1, 0.15) is 49.8 Å². The van der Waals surface area contributed by atoms with Gasteiger partial charge in [0.1, 0.15) is 6.61 Å². The predicted octanol–water partition coefficient (Wildman–Crippen LogP) is 5.13. The van der Waals surface area contributed by atoms with Crippen molar-refractivity contribution in [3.8, 4) is 0 Å². The van der Waals surface area contributed by atoms with Crippen LogP contribution in [0.15, 0.2) is 36.5 Å². The van der Waals surface area contributed by atoms with E-state index in [-0.39, 0.29) is 16.8 Å². The number of carbonyl (C=O) groups is 1. The Morgan fingerprint density at radius 3 is 2.57 bits per heavy atom. The van der Waals surface area contributed by atoms with Gasteiger partial charge in [0.15, 0.2) is 0 Å². The van der Waals surface area contributed by atoms with Crippen molar-refractivity contribution in [3.05, 3.63) is 51.4 Å². The molecule has 2 unspecified atom stereocenters. The second-order valence-electron chi connectivity index (χ2n) is 9.56. The van der Waals surface area contributed by atoms with Gasteiger partial charge in [-0.15, -0.1) is 0 Å². The molecular formula is C23H27IN2O2. The van der Waals surface area contributed by atoms with E-state index in [4.69, 9.17) is 9.84 Å².